The zero-order chi connectivity index (χ0) is 20.9. The van der Waals surface area contributed by atoms with Crippen molar-refractivity contribution in [3.05, 3.63) is 56.4 Å². The summed E-state index contributed by atoms with van der Waals surface area (Å²) in [6, 6.07) is 0.537. The molecular formula is C14H12F5N3O4S. The first-order chi connectivity index (χ1) is 12.2. The summed E-state index contributed by atoms with van der Waals surface area (Å²) in [5.41, 5.74) is -5.74. The van der Waals surface area contributed by atoms with Gasteiger partial charge in [0.2, 0.25) is 10.0 Å². The molecule has 0 radical (unpaired) electrons. The average Bonchev–Trinajstić information content (AvgIpc) is 2.51. The smallest absolute Gasteiger partial charge is 0.292 e. The molecule has 2 rings (SSSR count). The minimum absolute atomic E-state index is 0.0152. The predicted octanol–water partition coefficient (Wildman–Crippen LogP) is 1.08. The fourth-order valence-corrected chi connectivity index (χ4v) is 3.16. The highest BCUT2D eigenvalue weighted by atomic mass is 32.2. The van der Waals surface area contributed by atoms with Crippen LogP contribution in [0.3, 0.4) is 0 Å². The van der Waals surface area contributed by atoms with Crippen LogP contribution in [0.1, 0.15) is 5.69 Å². The Morgan fingerprint density at radius 1 is 1.00 bits per heavy atom. The lowest BCUT2D eigenvalue weighted by atomic mass is 10.2. The lowest BCUT2D eigenvalue weighted by molar-refractivity contribution is -0.144. The number of halogens is 5. The van der Waals surface area contributed by atoms with Crippen molar-refractivity contribution in [2.45, 2.75) is 11.1 Å². The summed E-state index contributed by atoms with van der Waals surface area (Å²) in [5.74, 6) is -3.01. The average molecular weight is 413 g/mol. The number of nitrogens with zero attached hydrogens (tertiary/aromatic N) is 3. The van der Waals surface area contributed by atoms with Gasteiger partial charge in [-0.05, 0) is 6.07 Å². The molecule has 0 N–H and O–H groups in total. The Balaban J connectivity index is 2.91. The van der Waals surface area contributed by atoms with Gasteiger partial charge >= 0.3 is 11.9 Å². The lowest BCUT2D eigenvalue weighted by Gasteiger charge is -2.16. The van der Waals surface area contributed by atoms with Crippen molar-refractivity contribution in [3.8, 4) is 5.69 Å². The van der Waals surface area contributed by atoms with Crippen LogP contribution < -0.4 is 11.2 Å². The van der Waals surface area contributed by atoms with Crippen LogP contribution in [0.25, 0.3) is 5.69 Å². The molecule has 0 unspecified atom stereocenters. The van der Waals surface area contributed by atoms with Crippen LogP contribution in [0.15, 0.2) is 32.7 Å². The van der Waals surface area contributed by atoms with Crippen molar-refractivity contribution >= 4 is 10.0 Å². The molecule has 148 valence electrons. The molecule has 0 bridgehead atoms. The van der Waals surface area contributed by atoms with E-state index >= 15 is 0 Å². The molecule has 0 aliphatic rings. The first kappa shape index (κ1) is 20.8. The second kappa shape index (κ2) is 6.56. The normalized spacial score (nSPS) is 12.6. The van der Waals surface area contributed by atoms with Crippen LogP contribution >= 0.6 is 0 Å². The highest BCUT2D eigenvalue weighted by Crippen LogP contribution is 2.27. The molecule has 0 atom stereocenters. The van der Waals surface area contributed by atoms with E-state index in [1.807, 2.05) is 0 Å². The molecule has 0 saturated carbocycles. The molecule has 27 heavy (non-hydrogen) atoms. The number of aromatic nitrogens is 2. The van der Waals surface area contributed by atoms with Gasteiger partial charge in [-0.2, -0.15) is 13.2 Å². The Kier molecular flexibility index (Phi) is 5.05. The van der Waals surface area contributed by atoms with E-state index in [2.05, 4.69) is 0 Å². The van der Waals surface area contributed by atoms with E-state index < -0.39 is 55.4 Å². The number of hydrogen-bond donors (Lipinski definition) is 0. The van der Waals surface area contributed by atoms with Crippen LogP contribution in [-0.4, -0.2) is 36.0 Å². The van der Waals surface area contributed by atoms with Crippen molar-refractivity contribution in [1.29, 1.82) is 0 Å². The molecule has 0 saturated heterocycles. The summed E-state index contributed by atoms with van der Waals surface area (Å²) < 4.78 is 91.6. The topological polar surface area (TPSA) is 81.4 Å². The molecule has 0 aliphatic carbocycles. The first-order valence-electron chi connectivity index (χ1n) is 7.01. The van der Waals surface area contributed by atoms with Gasteiger partial charge in [-0.15, -0.1) is 0 Å². The van der Waals surface area contributed by atoms with E-state index in [0.29, 0.717) is 17.4 Å². The molecule has 0 spiro atoms. The van der Waals surface area contributed by atoms with E-state index in [0.717, 1.165) is 14.1 Å². The molecule has 0 fully saturated rings. The van der Waals surface area contributed by atoms with Crippen molar-refractivity contribution < 1.29 is 30.4 Å². The maximum Gasteiger partial charge on any atom is 0.431 e. The zero-order valence-corrected chi connectivity index (χ0v) is 14.8. The fourth-order valence-electron chi connectivity index (χ4n) is 2.20. The summed E-state index contributed by atoms with van der Waals surface area (Å²) in [7, 11) is -1.63. The van der Waals surface area contributed by atoms with E-state index in [9.17, 15) is 40.0 Å². The Morgan fingerprint density at radius 2 is 1.56 bits per heavy atom. The SMILES string of the molecule is CN(C)S(=O)(=O)c1cc(-n2c(=O)cc(C(F)(F)F)n(C)c2=O)c(F)cc1F. The molecule has 0 aliphatic heterocycles. The highest BCUT2D eigenvalue weighted by Gasteiger charge is 2.35. The van der Waals surface area contributed by atoms with Crippen LogP contribution in [0.2, 0.25) is 0 Å². The number of rotatable bonds is 3. The largest absolute Gasteiger partial charge is 0.431 e. The molecule has 7 nitrogen and oxygen atoms in total. The minimum Gasteiger partial charge on any atom is -0.292 e. The number of alkyl halides is 3. The van der Waals surface area contributed by atoms with E-state index in [1.165, 1.54) is 0 Å². The third-order valence-electron chi connectivity index (χ3n) is 3.61. The molecule has 13 heteroatoms. The molecular weight excluding hydrogens is 401 g/mol. The molecule has 1 aromatic heterocycles. The summed E-state index contributed by atoms with van der Waals surface area (Å²) in [6.45, 7) is 0. The van der Waals surface area contributed by atoms with Crippen LogP contribution in [-0.2, 0) is 23.2 Å². The number of hydrogen-bond acceptors (Lipinski definition) is 4. The molecule has 1 heterocycles. The molecule has 1 aromatic carbocycles. The van der Waals surface area contributed by atoms with Crippen molar-refractivity contribution in [1.82, 2.24) is 13.4 Å². The van der Waals surface area contributed by atoms with Crippen LogP contribution in [0.5, 0.6) is 0 Å². The quantitative estimate of drug-likeness (QED) is 0.706. The Bertz CT molecular complexity index is 1130. The summed E-state index contributed by atoms with van der Waals surface area (Å²) in [6.07, 6.45) is -5.03. The zero-order valence-electron chi connectivity index (χ0n) is 14.0. The standard InChI is InChI=1S/C14H12F5N3O4S/c1-20(2)27(25,26)10-5-9(7(15)4-8(10)16)22-12(23)6-11(14(17,18)19)21(3)13(22)24/h4-6H,1-3H3. The summed E-state index contributed by atoms with van der Waals surface area (Å²) in [5, 5.41) is 0. The van der Waals surface area contributed by atoms with Crippen molar-refractivity contribution in [3.63, 3.8) is 0 Å². The molecule has 2 aromatic rings. The summed E-state index contributed by atoms with van der Waals surface area (Å²) >= 11 is 0. The van der Waals surface area contributed by atoms with Gasteiger partial charge < -0.3 is 0 Å². The number of benzene rings is 1. The van der Waals surface area contributed by atoms with E-state index in [-0.39, 0.29) is 21.3 Å². The van der Waals surface area contributed by atoms with Gasteiger partial charge in [0, 0.05) is 33.3 Å². The van der Waals surface area contributed by atoms with Gasteiger partial charge in [-0.3, -0.25) is 9.36 Å². The predicted molar refractivity (Wildman–Crippen MR) is 83.1 cm³/mol. The van der Waals surface area contributed by atoms with Crippen LogP contribution in [0.4, 0.5) is 22.0 Å². The second-order valence-corrected chi connectivity index (χ2v) is 7.68. The lowest BCUT2D eigenvalue weighted by Crippen LogP contribution is -2.41. The summed E-state index contributed by atoms with van der Waals surface area (Å²) in [4.78, 5) is 23.2. The second-order valence-electron chi connectivity index (χ2n) is 5.56. The van der Waals surface area contributed by atoms with Gasteiger partial charge in [-0.1, -0.05) is 0 Å². The van der Waals surface area contributed by atoms with E-state index in [4.69, 9.17) is 0 Å². The minimum atomic E-state index is -5.03. The molecule has 0 amide bonds. The third kappa shape index (κ3) is 3.51. The van der Waals surface area contributed by atoms with Crippen molar-refractivity contribution in [2.24, 2.45) is 7.05 Å². The van der Waals surface area contributed by atoms with Gasteiger partial charge in [0.25, 0.3) is 5.56 Å². The fraction of sp³-hybridized carbons (Fsp3) is 0.286. The van der Waals surface area contributed by atoms with Gasteiger partial charge in [0.05, 0.1) is 5.69 Å². The monoisotopic (exact) mass is 413 g/mol. The van der Waals surface area contributed by atoms with Crippen LogP contribution in [0, 0.1) is 11.6 Å². The van der Waals surface area contributed by atoms with Crippen molar-refractivity contribution in [2.75, 3.05) is 14.1 Å². The Morgan fingerprint density at radius 3 is 2.04 bits per heavy atom. The van der Waals surface area contributed by atoms with Gasteiger partial charge in [-0.25, -0.2) is 30.9 Å². The highest BCUT2D eigenvalue weighted by molar-refractivity contribution is 7.89. The van der Waals surface area contributed by atoms with E-state index in [1.54, 1.807) is 0 Å². The van der Waals surface area contributed by atoms with Gasteiger partial charge in [0.1, 0.15) is 22.2 Å². The number of sulfonamides is 1. The van der Waals surface area contributed by atoms with Gasteiger partial charge in [0.15, 0.2) is 0 Å². The first-order valence-corrected chi connectivity index (χ1v) is 8.45. The Labute approximate surface area is 148 Å². The maximum atomic E-state index is 14.2. The maximum absolute atomic E-state index is 14.2. The Hall–Kier alpha value is -2.54. The third-order valence-corrected chi connectivity index (χ3v) is 5.44.